The van der Waals surface area contributed by atoms with E-state index in [1.165, 1.54) is 12.0 Å². The quantitative estimate of drug-likeness (QED) is 0.571. The van der Waals surface area contributed by atoms with Crippen LogP contribution in [0.15, 0.2) is 30.3 Å². The molecular weight excluding hydrogens is 256 g/mol. The van der Waals surface area contributed by atoms with Crippen LogP contribution in [0.5, 0.6) is 0 Å². The second kappa shape index (κ2) is 9.39. The summed E-state index contributed by atoms with van der Waals surface area (Å²) in [5, 5.41) is 0. The Morgan fingerprint density at radius 3 is 2.32 bits per heavy atom. The van der Waals surface area contributed by atoms with E-state index in [2.05, 4.69) is 32.9 Å². The highest BCUT2D eigenvalue weighted by atomic mass is 35.5. The van der Waals surface area contributed by atoms with Gasteiger partial charge < -0.3 is 4.74 Å². The van der Waals surface area contributed by atoms with E-state index in [9.17, 15) is 0 Å². The van der Waals surface area contributed by atoms with Crippen molar-refractivity contribution in [1.29, 1.82) is 0 Å². The van der Waals surface area contributed by atoms with Gasteiger partial charge in [0.05, 0.1) is 6.61 Å². The molecule has 2 unspecified atom stereocenters. The van der Waals surface area contributed by atoms with Crippen molar-refractivity contribution in [2.45, 2.75) is 40.2 Å². The normalized spacial score (nSPS) is 14.6. The van der Waals surface area contributed by atoms with Crippen LogP contribution < -0.4 is 0 Å². The average Bonchev–Trinajstić information content (AvgIpc) is 2.38. The van der Waals surface area contributed by atoms with Gasteiger partial charge in [-0.15, -0.1) is 11.6 Å². The molecule has 0 aliphatic rings. The van der Waals surface area contributed by atoms with Gasteiger partial charge in [0.25, 0.3) is 0 Å². The van der Waals surface area contributed by atoms with Crippen LogP contribution in [0.2, 0.25) is 0 Å². The zero-order valence-corrected chi connectivity index (χ0v) is 13.2. The molecule has 1 aromatic rings. The van der Waals surface area contributed by atoms with Gasteiger partial charge in [-0.3, -0.25) is 0 Å². The zero-order valence-electron chi connectivity index (χ0n) is 12.4. The highest BCUT2D eigenvalue weighted by Gasteiger charge is 2.14. The molecule has 0 aliphatic carbocycles. The monoisotopic (exact) mass is 282 g/mol. The average molecular weight is 283 g/mol. The van der Waals surface area contributed by atoms with Gasteiger partial charge in [-0.25, -0.2) is 0 Å². The molecule has 0 saturated heterocycles. The standard InChI is InChI=1S/C17H27ClO/c1-14(2)9-17(11-18)10-15(3)12-19-13-16-7-5-4-6-8-16/h4-8,14-15,17H,9-13H2,1-3H3. The van der Waals surface area contributed by atoms with Gasteiger partial charge in [0.15, 0.2) is 0 Å². The van der Waals surface area contributed by atoms with Crippen molar-refractivity contribution in [3.05, 3.63) is 35.9 Å². The summed E-state index contributed by atoms with van der Waals surface area (Å²) in [5.74, 6) is 2.69. The third-order valence-corrected chi connectivity index (χ3v) is 3.71. The Kier molecular flexibility index (Phi) is 8.16. The van der Waals surface area contributed by atoms with Gasteiger partial charge >= 0.3 is 0 Å². The first kappa shape index (κ1) is 16.5. The van der Waals surface area contributed by atoms with E-state index in [4.69, 9.17) is 16.3 Å². The van der Waals surface area contributed by atoms with Crippen LogP contribution in [0, 0.1) is 17.8 Å². The van der Waals surface area contributed by atoms with Crippen LogP contribution in [0.3, 0.4) is 0 Å². The van der Waals surface area contributed by atoms with Gasteiger partial charge in [-0.1, -0.05) is 51.1 Å². The van der Waals surface area contributed by atoms with Crippen LogP contribution in [0.25, 0.3) is 0 Å². The van der Waals surface area contributed by atoms with Crippen molar-refractivity contribution in [3.63, 3.8) is 0 Å². The smallest absolute Gasteiger partial charge is 0.0717 e. The van der Waals surface area contributed by atoms with E-state index in [0.717, 1.165) is 24.8 Å². The maximum absolute atomic E-state index is 6.04. The molecule has 1 rings (SSSR count). The molecule has 1 aromatic carbocycles. The summed E-state index contributed by atoms with van der Waals surface area (Å²) in [4.78, 5) is 0. The molecule has 0 aromatic heterocycles. The van der Waals surface area contributed by atoms with Crippen LogP contribution in [0.4, 0.5) is 0 Å². The van der Waals surface area contributed by atoms with Gasteiger partial charge in [-0.05, 0) is 36.2 Å². The third kappa shape index (κ3) is 7.59. The molecule has 0 radical (unpaired) electrons. The highest BCUT2D eigenvalue weighted by Crippen LogP contribution is 2.21. The predicted molar refractivity (Wildman–Crippen MR) is 83.5 cm³/mol. The molecule has 0 bridgehead atoms. The first-order valence-corrected chi connectivity index (χ1v) is 7.82. The lowest BCUT2D eigenvalue weighted by Gasteiger charge is -2.20. The molecular formula is C17H27ClO. The summed E-state index contributed by atoms with van der Waals surface area (Å²) >= 11 is 6.04. The molecule has 108 valence electrons. The van der Waals surface area contributed by atoms with Crippen molar-refractivity contribution in [2.75, 3.05) is 12.5 Å². The Balaban J connectivity index is 2.21. The Morgan fingerprint density at radius 1 is 1.05 bits per heavy atom. The molecule has 1 nitrogen and oxygen atoms in total. The number of benzene rings is 1. The Hall–Kier alpha value is -0.530. The van der Waals surface area contributed by atoms with Crippen molar-refractivity contribution in [1.82, 2.24) is 0 Å². The van der Waals surface area contributed by atoms with Crippen LogP contribution in [-0.2, 0) is 11.3 Å². The molecule has 0 fully saturated rings. The maximum Gasteiger partial charge on any atom is 0.0717 e. The zero-order chi connectivity index (χ0) is 14.1. The first-order valence-electron chi connectivity index (χ1n) is 7.29. The fourth-order valence-corrected chi connectivity index (χ4v) is 2.73. The summed E-state index contributed by atoms with van der Waals surface area (Å²) in [5.41, 5.74) is 1.24. The number of hydrogen-bond acceptors (Lipinski definition) is 1. The minimum Gasteiger partial charge on any atom is -0.376 e. The van der Waals surface area contributed by atoms with Gasteiger partial charge in [0.1, 0.15) is 0 Å². The van der Waals surface area contributed by atoms with Gasteiger partial charge in [-0.2, -0.15) is 0 Å². The van der Waals surface area contributed by atoms with E-state index in [0.29, 0.717) is 18.4 Å². The molecule has 0 saturated carbocycles. The third-order valence-electron chi connectivity index (χ3n) is 3.27. The second-order valence-electron chi connectivity index (χ2n) is 5.99. The lowest BCUT2D eigenvalue weighted by molar-refractivity contribution is 0.0838. The fourth-order valence-electron chi connectivity index (χ4n) is 2.48. The number of ether oxygens (including phenoxy) is 1. The summed E-state index contributed by atoms with van der Waals surface area (Å²) in [6.07, 6.45) is 2.38. The summed E-state index contributed by atoms with van der Waals surface area (Å²) in [7, 11) is 0. The summed E-state index contributed by atoms with van der Waals surface area (Å²) < 4.78 is 5.79. The van der Waals surface area contributed by atoms with Crippen molar-refractivity contribution in [2.24, 2.45) is 17.8 Å². The first-order chi connectivity index (χ1) is 9.11. The summed E-state index contributed by atoms with van der Waals surface area (Å²) in [6.45, 7) is 8.30. The molecule has 0 N–H and O–H groups in total. The van der Waals surface area contributed by atoms with Crippen molar-refractivity contribution >= 4 is 11.6 Å². The Labute approximate surface area is 123 Å². The minimum absolute atomic E-state index is 0.575. The predicted octanol–water partition coefficient (Wildman–Crippen LogP) is 5.13. The lowest BCUT2D eigenvalue weighted by Crippen LogP contribution is -2.15. The number of rotatable bonds is 9. The number of halogens is 1. The van der Waals surface area contributed by atoms with E-state index < -0.39 is 0 Å². The van der Waals surface area contributed by atoms with E-state index >= 15 is 0 Å². The molecule has 19 heavy (non-hydrogen) atoms. The topological polar surface area (TPSA) is 9.23 Å². The lowest BCUT2D eigenvalue weighted by atomic mass is 9.90. The van der Waals surface area contributed by atoms with E-state index in [1.54, 1.807) is 0 Å². The molecule has 2 heteroatoms. The molecule has 0 amide bonds. The maximum atomic E-state index is 6.04. The number of hydrogen-bond donors (Lipinski definition) is 0. The second-order valence-corrected chi connectivity index (χ2v) is 6.30. The fraction of sp³-hybridized carbons (Fsp3) is 0.647. The largest absolute Gasteiger partial charge is 0.376 e. The highest BCUT2D eigenvalue weighted by molar-refractivity contribution is 6.18. The SMILES string of the molecule is CC(C)CC(CCl)CC(C)COCc1ccccc1. The van der Waals surface area contributed by atoms with Gasteiger partial charge in [0, 0.05) is 12.5 Å². The molecule has 0 spiro atoms. The molecule has 0 heterocycles. The van der Waals surface area contributed by atoms with Crippen LogP contribution in [-0.4, -0.2) is 12.5 Å². The van der Waals surface area contributed by atoms with Gasteiger partial charge in [0.2, 0.25) is 0 Å². The Morgan fingerprint density at radius 2 is 1.74 bits per heavy atom. The van der Waals surface area contributed by atoms with E-state index in [-0.39, 0.29) is 0 Å². The Bertz CT molecular complexity index is 323. The minimum atomic E-state index is 0.575. The van der Waals surface area contributed by atoms with Crippen LogP contribution >= 0.6 is 11.6 Å². The molecule has 0 aliphatic heterocycles. The van der Waals surface area contributed by atoms with Crippen molar-refractivity contribution in [3.8, 4) is 0 Å². The van der Waals surface area contributed by atoms with Crippen molar-refractivity contribution < 1.29 is 4.74 Å². The summed E-state index contributed by atoms with van der Waals surface area (Å²) in [6, 6.07) is 10.3. The van der Waals surface area contributed by atoms with E-state index in [1.807, 2.05) is 18.2 Å². The number of alkyl halides is 1. The molecule has 2 atom stereocenters. The van der Waals surface area contributed by atoms with Crippen LogP contribution in [0.1, 0.15) is 39.2 Å².